The van der Waals surface area contributed by atoms with Crippen molar-refractivity contribution in [2.24, 2.45) is 5.73 Å². The fourth-order valence-corrected chi connectivity index (χ4v) is 5.59. The van der Waals surface area contributed by atoms with E-state index in [2.05, 4.69) is 135 Å². The van der Waals surface area contributed by atoms with Crippen LogP contribution in [-0.2, 0) is 37.5 Å². The van der Waals surface area contributed by atoms with Gasteiger partial charge < -0.3 is 20.1 Å². The third-order valence-corrected chi connectivity index (χ3v) is 9.27. The number of allylic oxidation sites excluding steroid dienone is 24. The molecule has 3 atom stereocenters. The first-order chi connectivity index (χ1) is 30.1. The molecule has 0 bridgehead atoms. The minimum absolute atomic E-state index is 0.0377. The van der Waals surface area contributed by atoms with Crippen molar-refractivity contribution < 1.29 is 42.4 Å². The van der Waals surface area contributed by atoms with Crippen LogP contribution in [0.2, 0.25) is 0 Å². The maximum absolute atomic E-state index is 12.6. The van der Waals surface area contributed by atoms with Crippen molar-refractivity contribution in [2.75, 3.05) is 19.8 Å². The quantitative estimate of drug-likeness (QED) is 0.0348. The van der Waals surface area contributed by atoms with E-state index in [1.165, 1.54) is 6.92 Å². The number of phosphoric acid groups is 1. The predicted octanol–water partition coefficient (Wildman–Crippen LogP) is 12.4. The summed E-state index contributed by atoms with van der Waals surface area (Å²) >= 11 is 0. The fourth-order valence-electron chi connectivity index (χ4n) is 4.81. The van der Waals surface area contributed by atoms with Crippen molar-refractivity contribution >= 4 is 25.5 Å². The number of ether oxygens (including phenoxy) is 2. The predicted molar refractivity (Wildman–Crippen MR) is 256 cm³/mol. The van der Waals surface area contributed by atoms with Gasteiger partial charge in [0.1, 0.15) is 12.4 Å². The molecule has 3 unspecified atom stereocenters. The summed E-state index contributed by atoms with van der Waals surface area (Å²) < 4.78 is 32.9. The lowest BCUT2D eigenvalue weighted by molar-refractivity contribution is -0.161. The zero-order valence-electron chi connectivity index (χ0n) is 37.7. The van der Waals surface area contributed by atoms with Crippen LogP contribution >= 0.6 is 7.82 Å². The normalized spacial score (nSPS) is 15.0. The van der Waals surface area contributed by atoms with Gasteiger partial charge in [-0.3, -0.25) is 23.4 Å². The summed E-state index contributed by atoms with van der Waals surface area (Å²) in [7, 11) is -4.66. The molecule has 0 rings (SSSR count). The lowest BCUT2D eigenvalue weighted by Crippen LogP contribution is -2.33. The zero-order valence-corrected chi connectivity index (χ0v) is 38.6. The number of rotatable bonds is 38. The highest BCUT2D eigenvalue weighted by Crippen LogP contribution is 2.43. The van der Waals surface area contributed by atoms with Crippen LogP contribution in [0.15, 0.2) is 146 Å². The fraction of sp³-hybridized carbons (Fsp3) is 0.471. The monoisotopic (exact) mass is 878 g/mol. The molecule has 10 nitrogen and oxygen atoms in total. The van der Waals surface area contributed by atoms with Gasteiger partial charge in [-0.1, -0.05) is 160 Å². The Morgan fingerprint density at radius 1 is 0.484 bits per heavy atom. The molecule has 0 spiro atoms. The second-order valence-corrected chi connectivity index (χ2v) is 15.4. The van der Waals surface area contributed by atoms with Crippen LogP contribution in [0.25, 0.3) is 0 Å². The Morgan fingerprint density at radius 3 is 1.13 bits per heavy atom. The van der Waals surface area contributed by atoms with E-state index < -0.39 is 50.9 Å². The molecule has 0 aliphatic rings. The summed E-state index contributed by atoms with van der Waals surface area (Å²) in [6.45, 7) is 3.97. The maximum atomic E-state index is 12.6. The van der Waals surface area contributed by atoms with E-state index in [1.54, 1.807) is 0 Å². The van der Waals surface area contributed by atoms with Gasteiger partial charge in [-0.05, 0) is 96.8 Å². The van der Waals surface area contributed by atoms with Gasteiger partial charge in [-0.15, -0.1) is 0 Å². The van der Waals surface area contributed by atoms with Crippen LogP contribution in [0, 0.1) is 0 Å². The molecule has 62 heavy (non-hydrogen) atoms. The van der Waals surface area contributed by atoms with Crippen LogP contribution in [-0.4, -0.2) is 54.6 Å². The Kier molecular flexibility index (Phi) is 40.1. The summed E-state index contributed by atoms with van der Waals surface area (Å²) in [5, 5.41) is 0. The Balaban J connectivity index is 4.64. The summed E-state index contributed by atoms with van der Waals surface area (Å²) in [4.78, 5) is 46.5. The highest BCUT2D eigenvalue weighted by molar-refractivity contribution is 7.47. The van der Waals surface area contributed by atoms with Crippen LogP contribution in [0.5, 0.6) is 0 Å². The number of nitrogens with two attached hydrogens (primary N) is 1. The molecule has 11 heteroatoms. The molecule has 0 aromatic carbocycles. The molecule has 0 heterocycles. The van der Waals surface area contributed by atoms with Crippen molar-refractivity contribution in [1.29, 1.82) is 0 Å². The first-order valence-electron chi connectivity index (χ1n) is 22.1. The molecule has 0 saturated heterocycles. The van der Waals surface area contributed by atoms with E-state index in [-0.39, 0.29) is 19.4 Å². The third-order valence-electron chi connectivity index (χ3n) is 8.31. The average Bonchev–Trinajstić information content (AvgIpc) is 3.25. The van der Waals surface area contributed by atoms with E-state index in [9.17, 15) is 23.8 Å². The molecule has 3 N–H and O–H groups in total. The van der Waals surface area contributed by atoms with Gasteiger partial charge in [0.2, 0.25) is 0 Å². The number of hydrogen-bond donors (Lipinski definition) is 2. The van der Waals surface area contributed by atoms with Crippen LogP contribution in [0.1, 0.15) is 124 Å². The number of carbonyl (C=O) groups is 3. The molecule has 0 aromatic heterocycles. The molecular weight excluding hydrogens is 802 g/mol. The second-order valence-electron chi connectivity index (χ2n) is 14.0. The Bertz CT molecular complexity index is 1590. The van der Waals surface area contributed by atoms with Gasteiger partial charge >= 0.3 is 19.8 Å². The standard InChI is InChI=1S/C51H76NO9P/c1-4-6-8-10-12-14-16-18-20-22-24-26-28-30-32-34-36-38-40-42-50(54)58-44-48(45-59-62(56,57)60-46-49(52)47(3)53)61-51(55)43-41-39-37-35-33-31-29-27-25-23-21-19-17-15-13-11-9-7-5-2/h6-9,12-15,18-21,24-27,30-33,36-39,48-49H,4-5,10-11,16-17,22-23,28-29,34-35,40-46,52H2,1-3H3,(H,56,57)/b8-6-,9-7-,14-12-,15-13-,20-18-,21-19-,26-24-,27-25-,32-30-,33-31-,38-36-,39-37-. The van der Waals surface area contributed by atoms with Crippen molar-refractivity contribution in [1.82, 2.24) is 0 Å². The van der Waals surface area contributed by atoms with E-state index in [4.69, 9.17) is 24.3 Å². The lowest BCUT2D eigenvalue weighted by Gasteiger charge is -2.20. The largest absolute Gasteiger partial charge is 0.472 e. The highest BCUT2D eigenvalue weighted by atomic mass is 31.2. The van der Waals surface area contributed by atoms with Gasteiger partial charge in [0.25, 0.3) is 0 Å². The summed E-state index contributed by atoms with van der Waals surface area (Å²) in [5.74, 6) is -1.56. The SMILES string of the molecule is CC/C=C\C/C=C\C/C=C\C/C=C\C/C=C\C/C=C\CCC(=O)OCC(COP(=O)(O)OCC(N)C(C)=O)OC(=O)CC/C=C\C/C=C\C/C=C\C/C=C\C/C=C\C/C=C\CC. The average molecular weight is 878 g/mol. The number of Topliss-reactive ketones (excluding diaryl/α,β-unsaturated/α-hetero) is 1. The number of esters is 2. The number of phosphoric ester groups is 1. The summed E-state index contributed by atoms with van der Waals surface area (Å²) in [6, 6.07) is -1.11. The first-order valence-corrected chi connectivity index (χ1v) is 23.6. The third kappa shape index (κ3) is 42.3. The zero-order chi connectivity index (χ0) is 45.6. The number of carbonyl (C=O) groups excluding carboxylic acids is 3. The second kappa shape index (κ2) is 43.2. The molecule has 344 valence electrons. The highest BCUT2D eigenvalue weighted by Gasteiger charge is 2.27. The van der Waals surface area contributed by atoms with E-state index in [1.807, 2.05) is 24.3 Å². The first kappa shape index (κ1) is 57.6. The van der Waals surface area contributed by atoms with Crippen molar-refractivity contribution in [3.8, 4) is 0 Å². The Morgan fingerprint density at radius 2 is 0.790 bits per heavy atom. The van der Waals surface area contributed by atoms with Crippen LogP contribution < -0.4 is 5.73 Å². The molecular formula is C51H76NO9P. The number of ketones is 1. The minimum Gasteiger partial charge on any atom is -0.462 e. The van der Waals surface area contributed by atoms with E-state index >= 15 is 0 Å². The molecule has 0 aromatic rings. The van der Waals surface area contributed by atoms with Gasteiger partial charge in [-0.25, -0.2) is 4.57 Å². The van der Waals surface area contributed by atoms with Crippen molar-refractivity contribution in [2.45, 2.75) is 136 Å². The van der Waals surface area contributed by atoms with E-state index in [0.717, 1.165) is 70.6 Å². The van der Waals surface area contributed by atoms with Crippen LogP contribution in [0.4, 0.5) is 0 Å². The molecule has 0 amide bonds. The molecule has 0 fully saturated rings. The topological polar surface area (TPSA) is 151 Å². The van der Waals surface area contributed by atoms with Gasteiger partial charge in [0, 0.05) is 12.8 Å². The van der Waals surface area contributed by atoms with E-state index in [0.29, 0.717) is 19.3 Å². The summed E-state index contributed by atoms with van der Waals surface area (Å²) in [5.41, 5.74) is 5.57. The van der Waals surface area contributed by atoms with Crippen molar-refractivity contribution in [3.63, 3.8) is 0 Å². The lowest BCUT2D eigenvalue weighted by atomic mass is 10.2. The smallest absolute Gasteiger partial charge is 0.462 e. The molecule has 0 aliphatic heterocycles. The number of hydrogen-bond acceptors (Lipinski definition) is 9. The maximum Gasteiger partial charge on any atom is 0.472 e. The van der Waals surface area contributed by atoms with Crippen molar-refractivity contribution in [3.05, 3.63) is 146 Å². The van der Waals surface area contributed by atoms with Gasteiger partial charge in [-0.2, -0.15) is 0 Å². The minimum atomic E-state index is -4.66. The van der Waals surface area contributed by atoms with Gasteiger partial charge in [0.05, 0.1) is 19.3 Å². The summed E-state index contributed by atoms with van der Waals surface area (Å²) in [6.07, 6.45) is 61.3. The Hall–Kier alpha value is -4.44. The molecule has 0 aliphatic carbocycles. The molecule has 0 radical (unpaired) electrons. The molecule has 0 saturated carbocycles. The van der Waals surface area contributed by atoms with Gasteiger partial charge in [0.15, 0.2) is 6.10 Å². The Labute approximate surface area is 373 Å². The van der Waals surface area contributed by atoms with Crippen LogP contribution in [0.3, 0.4) is 0 Å².